The summed E-state index contributed by atoms with van der Waals surface area (Å²) in [6, 6.07) is 5.89. The second-order valence-electron chi connectivity index (χ2n) is 5.68. The number of nitrogens with one attached hydrogen (secondary N) is 1. The van der Waals surface area contributed by atoms with Crippen molar-refractivity contribution in [3.8, 4) is 5.75 Å². The van der Waals surface area contributed by atoms with Crippen LogP contribution in [0.3, 0.4) is 0 Å². The summed E-state index contributed by atoms with van der Waals surface area (Å²) in [5.74, 6) is 0.387. The molecule has 1 fully saturated rings. The molecule has 0 bridgehead atoms. The van der Waals surface area contributed by atoms with E-state index in [9.17, 15) is 10.2 Å². The minimum Gasteiger partial charge on any atom is -0.508 e. The summed E-state index contributed by atoms with van der Waals surface area (Å²) in [6.45, 7) is 3.08. The Balaban J connectivity index is 1.69. The minimum absolute atomic E-state index is 0.120. The van der Waals surface area contributed by atoms with Crippen LogP contribution in [0.15, 0.2) is 18.2 Å². The van der Waals surface area contributed by atoms with E-state index in [-0.39, 0.29) is 12.1 Å². The van der Waals surface area contributed by atoms with E-state index in [2.05, 4.69) is 11.4 Å². The van der Waals surface area contributed by atoms with Crippen molar-refractivity contribution in [1.82, 2.24) is 5.32 Å². The third-order valence-corrected chi connectivity index (χ3v) is 4.56. The van der Waals surface area contributed by atoms with Crippen molar-refractivity contribution in [1.29, 1.82) is 0 Å². The van der Waals surface area contributed by atoms with Gasteiger partial charge in [0.1, 0.15) is 11.4 Å². The Morgan fingerprint density at radius 1 is 1.47 bits per heavy atom. The number of rotatable bonds is 3. The summed E-state index contributed by atoms with van der Waals surface area (Å²) >= 11 is 0. The molecule has 0 saturated carbocycles. The number of phenols is 1. The molecule has 1 heterocycles. The van der Waals surface area contributed by atoms with Gasteiger partial charge < -0.3 is 20.3 Å². The van der Waals surface area contributed by atoms with Gasteiger partial charge in [-0.3, -0.25) is 0 Å². The fraction of sp³-hybridized carbons (Fsp3) is 0.600. The topological polar surface area (TPSA) is 61.7 Å². The lowest BCUT2D eigenvalue weighted by atomic mass is 9.96. The van der Waals surface area contributed by atoms with Crippen LogP contribution in [0.5, 0.6) is 5.75 Å². The third-order valence-electron chi connectivity index (χ3n) is 4.56. The normalized spacial score (nSPS) is 33.6. The van der Waals surface area contributed by atoms with Gasteiger partial charge >= 0.3 is 0 Å². The zero-order chi connectivity index (χ0) is 13.5. The first kappa shape index (κ1) is 12.9. The largest absolute Gasteiger partial charge is 0.508 e. The second-order valence-corrected chi connectivity index (χ2v) is 5.68. The summed E-state index contributed by atoms with van der Waals surface area (Å²) in [5.41, 5.74) is 1.44. The van der Waals surface area contributed by atoms with Crippen molar-refractivity contribution < 1.29 is 14.9 Å². The van der Waals surface area contributed by atoms with E-state index in [1.54, 1.807) is 6.07 Å². The average molecular weight is 263 g/mol. The van der Waals surface area contributed by atoms with Crippen LogP contribution in [-0.4, -0.2) is 35.1 Å². The summed E-state index contributed by atoms with van der Waals surface area (Å²) in [6.07, 6.45) is 2.42. The van der Waals surface area contributed by atoms with E-state index in [1.165, 1.54) is 0 Å². The zero-order valence-corrected chi connectivity index (χ0v) is 11.2. The number of fused-ring (bicyclic) bond motifs is 1. The van der Waals surface area contributed by atoms with E-state index >= 15 is 0 Å². The van der Waals surface area contributed by atoms with Gasteiger partial charge in [0.15, 0.2) is 0 Å². The summed E-state index contributed by atoms with van der Waals surface area (Å²) < 4.78 is 5.44. The number of phenolic OH excluding ortho intramolecular Hbond substituents is 1. The molecular formula is C15H21NO3. The van der Waals surface area contributed by atoms with Gasteiger partial charge in [0, 0.05) is 25.6 Å². The Bertz CT molecular complexity index is 476. The van der Waals surface area contributed by atoms with E-state index < -0.39 is 5.60 Å². The molecule has 1 aromatic rings. The summed E-state index contributed by atoms with van der Waals surface area (Å²) in [4.78, 5) is 0. The maximum atomic E-state index is 10.5. The van der Waals surface area contributed by atoms with Crippen LogP contribution in [-0.2, 0) is 11.2 Å². The molecule has 2 aliphatic rings. The van der Waals surface area contributed by atoms with Crippen LogP contribution in [0.25, 0.3) is 0 Å². The van der Waals surface area contributed by atoms with E-state index in [0.29, 0.717) is 25.3 Å². The van der Waals surface area contributed by atoms with Crippen molar-refractivity contribution in [3.05, 3.63) is 29.3 Å². The van der Waals surface area contributed by atoms with Crippen molar-refractivity contribution in [3.63, 3.8) is 0 Å². The molecule has 0 aromatic heterocycles. The van der Waals surface area contributed by atoms with Crippen LogP contribution < -0.4 is 5.32 Å². The second kappa shape index (κ2) is 4.78. The number of aromatic hydroxyl groups is 1. The molecule has 4 heteroatoms. The number of hydrogen-bond acceptors (Lipinski definition) is 4. The lowest BCUT2D eigenvalue weighted by molar-refractivity contribution is -0.0276. The minimum atomic E-state index is -0.764. The van der Waals surface area contributed by atoms with Gasteiger partial charge in [-0.25, -0.2) is 0 Å². The number of hydrogen-bond donors (Lipinski definition) is 3. The molecule has 3 rings (SSSR count). The highest BCUT2D eigenvalue weighted by Gasteiger charge is 2.40. The van der Waals surface area contributed by atoms with Gasteiger partial charge in [-0.1, -0.05) is 12.1 Å². The zero-order valence-electron chi connectivity index (χ0n) is 11.2. The first-order chi connectivity index (χ1) is 9.10. The SMILES string of the molecule is CC1OCCC1(O)CNC1CCc2c(O)cccc21. The maximum absolute atomic E-state index is 10.5. The smallest absolute Gasteiger partial charge is 0.119 e. The van der Waals surface area contributed by atoms with Gasteiger partial charge in [0.05, 0.1) is 6.10 Å². The lowest BCUT2D eigenvalue weighted by Crippen LogP contribution is -2.46. The molecule has 1 saturated heterocycles. The molecular weight excluding hydrogens is 242 g/mol. The Kier molecular flexibility index (Phi) is 3.25. The van der Waals surface area contributed by atoms with Gasteiger partial charge in [-0.15, -0.1) is 0 Å². The molecule has 1 aliphatic heterocycles. The van der Waals surface area contributed by atoms with Crippen LogP contribution in [0.1, 0.15) is 36.9 Å². The maximum Gasteiger partial charge on any atom is 0.119 e. The molecule has 1 aliphatic carbocycles. The number of ether oxygens (including phenoxy) is 1. The highest BCUT2D eigenvalue weighted by molar-refractivity contribution is 5.44. The van der Waals surface area contributed by atoms with Crippen molar-refractivity contribution in [2.24, 2.45) is 0 Å². The molecule has 3 unspecified atom stereocenters. The molecule has 3 atom stereocenters. The molecule has 0 radical (unpaired) electrons. The standard InChI is InChI=1S/C15H21NO3/c1-10-15(18,7-8-19-10)9-16-13-6-5-12-11(13)3-2-4-14(12)17/h2-4,10,13,16-18H,5-9H2,1H3. The summed E-state index contributed by atoms with van der Waals surface area (Å²) in [5, 5.41) is 23.7. The first-order valence-corrected chi connectivity index (χ1v) is 6.98. The fourth-order valence-corrected chi connectivity index (χ4v) is 3.15. The van der Waals surface area contributed by atoms with Crippen LogP contribution >= 0.6 is 0 Å². The Morgan fingerprint density at radius 3 is 3.05 bits per heavy atom. The molecule has 3 N–H and O–H groups in total. The van der Waals surface area contributed by atoms with E-state index in [1.807, 2.05) is 13.0 Å². The van der Waals surface area contributed by atoms with Crippen LogP contribution in [0.4, 0.5) is 0 Å². The number of benzene rings is 1. The monoisotopic (exact) mass is 263 g/mol. The lowest BCUT2D eigenvalue weighted by Gasteiger charge is -2.28. The van der Waals surface area contributed by atoms with Gasteiger partial charge in [-0.05, 0) is 37.0 Å². The molecule has 104 valence electrons. The molecule has 0 amide bonds. The van der Waals surface area contributed by atoms with Crippen molar-refractivity contribution in [2.45, 2.75) is 43.9 Å². The first-order valence-electron chi connectivity index (χ1n) is 6.98. The van der Waals surface area contributed by atoms with Gasteiger partial charge in [0.25, 0.3) is 0 Å². The highest BCUT2D eigenvalue weighted by atomic mass is 16.5. The number of aliphatic hydroxyl groups is 1. The molecule has 0 spiro atoms. The molecule has 4 nitrogen and oxygen atoms in total. The highest BCUT2D eigenvalue weighted by Crippen LogP contribution is 2.36. The van der Waals surface area contributed by atoms with E-state index in [4.69, 9.17) is 4.74 Å². The quantitative estimate of drug-likeness (QED) is 0.773. The predicted octanol–water partition coefficient (Wildman–Crippen LogP) is 1.51. The Labute approximate surface area is 113 Å². The van der Waals surface area contributed by atoms with Gasteiger partial charge in [0.2, 0.25) is 0 Å². The van der Waals surface area contributed by atoms with Crippen LogP contribution in [0, 0.1) is 0 Å². The third kappa shape index (κ3) is 2.24. The fourth-order valence-electron chi connectivity index (χ4n) is 3.15. The van der Waals surface area contributed by atoms with Crippen molar-refractivity contribution >= 4 is 0 Å². The Morgan fingerprint density at radius 2 is 2.32 bits per heavy atom. The molecule has 1 aromatic carbocycles. The summed E-state index contributed by atoms with van der Waals surface area (Å²) in [7, 11) is 0. The predicted molar refractivity (Wildman–Crippen MR) is 72.2 cm³/mol. The van der Waals surface area contributed by atoms with Crippen LogP contribution in [0.2, 0.25) is 0 Å². The Hall–Kier alpha value is -1.10. The van der Waals surface area contributed by atoms with E-state index in [0.717, 1.165) is 24.0 Å². The molecule has 19 heavy (non-hydrogen) atoms. The average Bonchev–Trinajstić information content (AvgIpc) is 2.94. The van der Waals surface area contributed by atoms with Crippen molar-refractivity contribution in [2.75, 3.05) is 13.2 Å². The van der Waals surface area contributed by atoms with Gasteiger partial charge in [-0.2, -0.15) is 0 Å².